The quantitative estimate of drug-likeness (QED) is 0.673. The number of hydrogen-bond donors (Lipinski definition) is 1. The van der Waals surface area contributed by atoms with Crippen molar-refractivity contribution in [3.8, 4) is 0 Å². The molecule has 0 saturated carbocycles. The zero-order chi connectivity index (χ0) is 11.9. The minimum Gasteiger partial charge on any atom is -0.390 e. The Bertz CT molecular complexity index is 706. The Morgan fingerprint density at radius 1 is 1.28 bits per heavy atom. The van der Waals surface area contributed by atoms with Crippen LogP contribution in [-0.4, -0.2) is 11.6 Å². The van der Waals surface area contributed by atoms with Crippen molar-refractivity contribution in [1.29, 1.82) is 0 Å². The molecular weight excluding hydrogens is 232 g/mol. The van der Waals surface area contributed by atoms with E-state index < -0.39 is 0 Å². The topological polar surface area (TPSA) is 68.1 Å². The monoisotopic (exact) mass is 242 g/mol. The summed E-state index contributed by atoms with van der Waals surface area (Å²) >= 11 is 0. The molecule has 0 aromatic carbocycles. The highest BCUT2D eigenvalue weighted by molar-refractivity contribution is 5.29. The first-order chi connectivity index (χ1) is 8.92. The molecule has 18 heavy (non-hydrogen) atoms. The van der Waals surface area contributed by atoms with Crippen LogP contribution in [-0.2, 0) is 22.6 Å². The van der Waals surface area contributed by atoms with Gasteiger partial charge in [-0.1, -0.05) is 0 Å². The molecule has 90 valence electrons. The highest BCUT2D eigenvalue weighted by atomic mass is 16.6. The predicted molar refractivity (Wildman–Crippen MR) is 60.3 cm³/mol. The normalized spacial score (nSPS) is 23.6. The molecule has 0 aliphatic carbocycles. The van der Waals surface area contributed by atoms with Crippen molar-refractivity contribution in [1.82, 2.24) is 10.5 Å². The molecule has 4 rings (SSSR count). The van der Waals surface area contributed by atoms with E-state index in [1.165, 1.54) is 0 Å². The fraction of sp³-hybridized carbons (Fsp3) is 0.250. The average molecular weight is 242 g/mol. The number of hydrogen-bond acceptors (Lipinski definition) is 6. The Morgan fingerprint density at radius 3 is 3.17 bits per heavy atom. The van der Waals surface area contributed by atoms with Gasteiger partial charge in [-0.15, -0.1) is 0 Å². The van der Waals surface area contributed by atoms with Crippen molar-refractivity contribution in [3.63, 3.8) is 0 Å². The number of nitrogens with one attached hydrogen (secondary N) is 1. The second-order valence-corrected chi connectivity index (χ2v) is 4.20. The summed E-state index contributed by atoms with van der Waals surface area (Å²) in [7, 11) is 0. The van der Waals surface area contributed by atoms with Crippen LogP contribution in [0.15, 0.2) is 40.0 Å². The molecule has 0 atom stereocenters. The summed E-state index contributed by atoms with van der Waals surface area (Å²) in [5.41, 5.74) is 5.63. The first-order valence-electron chi connectivity index (χ1n) is 5.76. The summed E-state index contributed by atoms with van der Waals surface area (Å²) in [5, 5.41) is 1.67. The summed E-state index contributed by atoms with van der Waals surface area (Å²) in [6.45, 7) is 1.29. The van der Waals surface area contributed by atoms with Crippen LogP contribution in [0.25, 0.3) is 0 Å². The van der Waals surface area contributed by atoms with Gasteiger partial charge < -0.3 is 9.57 Å². The maximum Gasteiger partial charge on any atom is 0.180 e. The van der Waals surface area contributed by atoms with E-state index in [2.05, 4.69) is 20.4 Å². The molecule has 1 aromatic rings. The maximum atomic E-state index is 5.47. The van der Waals surface area contributed by atoms with Gasteiger partial charge in [-0.25, -0.2) is 15.5 Å². The highest BCUT2D eigenvalue weighted by Crippen LogP contribution is 2.14. The minimum absolute atomic E-state index is 0.562. The molecule has 0 amide bonds. The average Bonchev–Trinajstić information content (AvgIpc) is 3.07. The van der Waals surface area contributed by atoms with Gasteiger partial charge in [0.15, 0.2) is 5.82 Å². The van der Waals surface area contributed by atoms with Crippen LogP contribution in [0.3, 0.4) is 0 Å². The molecule has 1 N–H and O–H groups in total. The van der Waals surface area contributed by atoms with E-state index >= 15 is 0 Å². The van der Waals surface area contributed by atoms with Gasteiger partial charge in [-0.2, -0.15) is 0 Å². The molecule has 0 bridgehead atoms. The highest BCUT2D eigenvalue weighted by Gasteiger charge is 2.18. The van der Waals surface area contributed by atoms with Crippen LogP contribution in [0.1, 0.15) is 11.3 Å². The van der Waals surface area contributed by atoms with E-state index in [1.807, 2.05) is 0 Å². The van der Waals surface area contributed by atoms with Gasteiger partial charge in [0.05, 0.1) is 25.1 Å². The lowest BCUT2D eigenvalue weighted by atomic mass is 10.1. The van der Waals surface area contributed by atoms with Crippen molar-refractivity contribution in [2.24, 2.45) is 9.98 Å². The molecule has 0 saturated heterocycles. The van der Waals surface area contributed by atoms with Gasteiger partial charge in [-0.05, 0) is 0 Å². The second kappa shape index (κ2) is 3.64. The Kier molecular flexibility index (Phi) is 1.98. The minimum atomic E-state index is 0.562. The van der Waals surface area contributed by atoms with Gasteiger partial charge in [0, 0.05) is 18.1 Å². The van der Waals surface area contributed by atoms with Gasteiger partial charge in [0.1, 0.15) is 22.7 Å². The second-order valence-electron chi connectivity index (χ2n) is 4.20. The molecule has 1 aromatic heterocycles. The van der Waals surface area contributed by atoms with Crippen molar-refractivity contribution in [3.05, 3.63) is 52.0 Å². The number of allylic oxidation sites excluding steroid dienone is 1. The third kappa shape index (κ3) is 1.36. The van der Waals surface area contributed by atoms with Crippen molar-refractivity contribution >= 4 is 0 Å². The molecule has 3 aliphatic rings. The lowest BCUT2D eigenvalue weighted by molar-refractivity contribution is 0.108. The zero-order valence-electron chi connectivity index (χ0n) is 9.51. The van der Waals surface area contributed by atoms with Gasteiger partial charge in [0.2, 0.25) is 0 Å². The van der Waals surface area contributed by atoms with Crippen LogP contribution >= 0.6 is 0 Å². The summed E-state index contributed by atoms with van der Waals surface area (Å²) < 4.78 is 5.47. The summed E-state index contributed by atoms with van der Waals surface area (Å²) in [5.74, 6) is 0.625. The van der Waals surface area contributed by atoms with Crippen LogP contribution in [0, 0.1) is 0 Å². The summed E-state index contributed by atoms with van der Waals surface area (Å²) in [6.07, 6.45) is 5.97. The lowest BCUT2D eigenvalue weighted by Crippen LogP contribution is -2.32. The number of ether oxygens (including phenoxy) is 1. The molecule has 4 heterocycles. The first-order valence-corrected chi connectivity index (χ1v) is 5.76. The van der Waals surface area contributed by atoms with E-state index in [9.17, 15) is 0 Å². The van der Waals surface area contributed by atoms with Crippen LogP contribution in [0.2, 0.25) is 0 Å². The van der Waals surface area contributed by atoms with E-state index in [0.717, 1.165) is 40.7 Å². The third-order valence-corrected chi connectivity index (χ3v) is 3.11. The molecule has 0 unspecified atom stereocenters. The fourth-order valence-electron chi connectivity index (χ4n) is 2.21. The SMILES string of the molecule is C1=CC(=C2N=c3cnc4c(c3=N2)COCC4)NO1. The molecule has 6 heteroatoms. The van der Waals surface area contributed by atoms with Crippen molar-refractivity contribution < 1.29 is 9.57 Å². The number of pyridine rings is 1. The number of fused-ring (bicyclic) bond motifs is 3. The zero-order valence-corrected chi connectivity index (χ0v) is 9.51. The molecule has 6 nitrogen and oxygen atoms in total. The molecule has 0 radical (unpaired) electrons. The first kappa shape index (κ1) is 9.78. The van der Waals surface area contributed by atoms with Crippen LogP contribution < -0.4 is 16.2 Å². The van der Waals surface area contributed by atoms with Gasteiger partial charge in [0.25, 0.3) is 0 Å². The smallest absolute Gasteiger partial charge is 0.180 e. The lowest BCUT2D eigenvalue weighted by Gasteiger charge is -2.14. The molecular formula is C12H10N4O2. The Balaban J connectivity index is 1.95. The number of aromatic nitrogens is 1. The fourth-order valence-corrected chi connectivity index (χ4v) is 2.21. The third-order valence-electron chi connectivity index (χ3n) is 3.11. The Hall–Kier alpha value is -2.21. The number of nitrogens with zero attached hydrogens (tertiary/aromatic N) is 3. The Morgan fingerprint density at radius 2 is 2.28 bits per heavy atom. The van der Waals surface area contributed by atoms with Gasteiger partial charge >= 0.3 is 0 Å². The molecule has 3 aliphatic heterocycles. The largest absolute Gasteiger partial charge is 0.390 e. The number of rotatable bonds is 0. The predicted octanol–water partition coefficient (Wildman–Crippen LogP) is -0.375. The Labute approximate surface area is 102 Å². The van der Waals surface area contributed by atoms with E-state index in [1.54, 1.807) is 18.5 Å². The van der Waals surface area contributed by atoms with Gasteiger partial charge in [-0.3, -0.25) is 4.98 Å². The van der Waals surface area contributed by atoms with Crippen molar-refractivity contribution in [2.75, 3.05) is 6.61 Å². The standard InChI is InChI=1S/C12H10N4O2/c1-3-17-6-7-8(1)13-5-10-11(7)15-12(14-10)9-2-4-18-16-9/h2,4-5,16H,1,3,6H2. The van der Waals surface area contributed by atoms with E-state index in [0.29, 0.717) is 12.4 Å². The summed E-state index contributed by atoms with van der Waals surface area (Å²) in [4.78, 5) is 18.3. The maximum absolute atomic E-state index is 5.47. The molecule has 0 fully saturated rings. The summed E-state index contributed by atoms with van der Waals surface area (Å²) in [6, 6.07) is 0. The van der Waals surface area contributed by atoms with E-state index in [4.69, 9.17) is 9.57 Å². The van der Waals surface area contributed by atoms with Crippen molar-refractivity contribution in [2.45, 2.75) is 13.0 Å². The molecule has 0 spiro atoms. The number of hydroxylamine groups is 1. The van der Waals surface area contributed by atoms with E-state index in [-0.39, 0.29) is 0 Å². The van der Waals surface area contributed by atoms with Crippen LogP contribution in [0.5, 0.6) is 0 Å². The van der Waals surface area contributed by atoms with Crippen LogP contribution in [0.4, 0.5) is 0 Å².